The summed E-state index contributed by atoms with van der Waals surface area (Å²) in [6, 6.07) is 19.8. The SMILES string of the molecule is C/C(=C\c1ccc(O)c2ccccc12)CC[C@@H](O)C1=C(CO)C[C@H]2C(=O)N(c3ccccc3)C(=O)[C@H]2[C@H]1CO. The molecule has 2 amide bonds. The minimum absolute atomic E-state index is 0.173. The van der Waals surface area contributed by atoms with Gasteiger partial charge < -0.3 is 20.4 Å². The van der Waals surface area contributed by atoms with Crippen LogP contribution >= 0.6 is 0 Å². The summed E-state index contributed by atoms with van der Waals surface area (Å²) >= 11 is 0. The second kappa shape index (κ2) is 11.1. The third kappa shape index (κ3) is 4.89. The highest BCUT2D eigenvalue weighted by molar-refractivity contribution is 6.22. The van der Waals surface area contributed by atoms with Gasteiger partial charge in [0, 0.05) is 11.3 Å². The van der Waals surface area contributed by atoms with Crippen LogP contribution in [0.5, 0.6) is 5.75 Å². The third-order valence-electron chi connectivity index (χ3n) is 8.09. The van der Waals surface area contributed by atoms with E-state index in [9.17, 15) is 30.0 Å². The number of nitrogens with zero attached hydrogens (tertiary/aromatic N) is 1. The molecule has 1 heterocycles. The lowest BCUT2D eigenvalue weighted by Crippen LogP contribution is -2.39. The predicted molar refractivity (Wildman–Crippen MR) is 150 cm³/mol. The lowest BCUT2D eigenvalue weighted by atomic mass is 9.68. The van der Waals surface area contributed by atoms with Gasteiger partial charge in [0.25, 0.3) is 0 Å². The summed E-state index contributed by atoms with van der Waals surface area (Å²) in [5.41, 5.74) is 3.43. The predicted octanol–water partition coefficient (Wildman–Crippen LogP) is 4.20. The van der Waals surface area contributed by atoms with E-state index in [0.717, 1.165) is 21.9 Å². The number of para-hydroxylation sites is 1. The van der Waals surface area contributed by atoms with E-state index >= 15 is 0 Å². The highest BCUT2D eigenvalue weighted by Crippen LogP contribution is 2.47. The normalized spacial score (nSPS) is 22.5. The molecule has 1 aliphatic heterocycles. The van der Waals surface area contributed by atoms with E-state index in [4.69, 9.17) is 0 Å². The van der Waals surface area contributed by atoms with Gasteiger partial charge in [-0.25, -0.2) is 0 Å². The fraction of sp³-hybridized carbons (Fsp3) is 0.312. The topological polar surface area (TPSA) is 118 Å². The minimum Gasteiger partial charge on any atom is -0.507 e. The molecule has 0 saturated carbocycles. The number of phenolic OH excluding ortho intramolecular Hbond substituents is 1. The molecule has 0 spiro atoms. The number of allylic oxidation sites excluding steroid dienone is 1. The van der Waals surface area contributed by atoms with Crippen LogP contribution in [0.25, 0.3) is 16.8 Å². The van der Waals surface area contributed by atoms with Gasteiger partial charge in [-0.3, -0.25) is 14.5 Å². The summed E-state index contributed by atoms with van der Waals surface area (Å²) in [4.78, 5) is 27.9. The number of aliphatic hydroxyl groups excluding tert-OH is 3. The fourth-order valence-electron chi connectivity index (χ4n) is 6.23. The van der Waals surface area contributed by atoms with Crippen LogP contribution in [0.3, 0.4) is 0 Å². The van der Waals surface area contributed by atoms with E-state index in [1.54, 1.807) is 36.4 Å². The van der Waals surface area contributed by atoms with E-state index in [1.165, 1.54) is 4.90 Å². The molecule has 5 rings (SSSR count). The maximum Gasteiger partial charge on any atom is 0.238 e. The van der Waals surface area contributed by atoms with Crippen molar-refractivity contribution in [2.45, 2.75) is 32.3 Å². The Morgan fingerprint density at radius 2 is 1.67 bits per heavy atom. The number of imide groups is 1. The average Bonchev–Trinajstić information content (AvgIpc) is 3.21. The molecule has 4 N–H and O–H groups in total. The number of anilines is 1. The number of amides is 2. The van der Waals surface area contributed by atoms with Crippen molar-refractivity contribution in [3.63, 3.8) is 0 Å². The van der Waals surface area contributed by atoms with Crippen LogP contribution in [0.15, 0.2) is 83.4 Å². The minimum atomic E-state index is -0.987. The number of benzene rings is 3. The average molecular weight is 528 g/mol. The molecule has 2 aliphatic rings. The zero-order chi connectivity index (χ0) is 27.7. The molecule has 1 saturated heterocycles. The zero-order valence-corrected chi connectivity index (χ0v) is 21.8. The van der Waals surface area contributed by atoms with Gasteiger partial charge in [0.1, 0.15) is 5.75 Å². The highest BCUT2D eigenvalue weighted by atomic mass is 16.3. The van der Waals surface area contributed by atoms with Crippen LogP contribution in [0, 0.1) is 17.8 Å². The van der Waals surface area contributed by atoms with Crippen molar-refractivity contribution < 1.29 is 30.0 Å². The van der Waals surface area contributed by atoms with E-state index in [0.29, 0.717) is 29.7 Å². The van der Waals surface area contributed by atoms with E-state index < -0.39 is 30.5 Å². The van der Waals surface area contributed by atoms with Gasteiger partial charge in [-0.2, -0.15) is 0 Å². The maximum atomic E-state index is 13.5. The smallest absolute Gasteiger partial charge is 0.238 e. The molecule has 1 fully saturated rings. The van der Waals surface area contributed by atoms with Gasteiger partial charge in [-0.05, 0) is 66.5 Å². The standard InChI is InChI=1S/C32H33NO6/c1-19(15-20-12-14-27(36)24-10-6-5-9-23(20)24)11-13-28(37)29-21(17-34)16-25-30(26(29)18-35)32(39)33(31(25)38)22-7-3-2-4-8-22/h2-10,12,14-15,25-26,28,30,34-37H,11,13,16-18H2,1H3/b19-15+/t25-,26+,28-,30-/m1/s1. The number of carbonyl (C=O) groups excluding carboxylic acids is 2. The number of phenols is 1. The first-order valence-electron chi connectivity index (χ1n) is 13.3. The number of hydrogen-bond donors (Lipinski definition) is 4. The largest absolute Gasteiger partial charge is 0.507 e. The molecule has 0 bridgehead atoms. The number of fused-ring (bicyclic) bond motifs is 2. The Morgan fingerprint density at radius 1 is 0.974 bits per heavy atom. The van der Waals surface area contributed by atoms with Crippen LogP contribution in [0.4, 0.5) is 5.69 Å². The maximum absolute atomic E-state index is 13.5. The molecule has 3 aromatic rings. The molecule has 0 radical (unpaired) electrons. The number of aromatic hydroxyl groups is 1. The van der Waals surface area contributed by atoms with Crippen molar-refractivity contribution in [1.82, 2.24) is 0 Å². The van der Waals surface area contributed by atoms with Crippen molar-refractivity contribution in [2.75, 3.05) is 18.1 Å². The summed E-state index contributed by atoms with van der Waals surface area (Å²) in [6.07, 6.45) is 2.07. The molecule has 1 aliphatic carbocycles. The molecule has 202 valence electrons. The summed E-state index contributed by atoms with van der Waals surface area (Å²) < 4.78 is 0. The summed E-state index contributed by atoms with van der Waals surface area (Å²) in [5, 5.41) is 43.7. The Kier molecular flexibility index (Phi) is 7.66. The van der Waals surface area contributed by atoms with E-state index in [-0.39, 0.29) is 30.6 Å². The quantitative estimate of drug-likeness (QED) is 0.258. The zero-order valence-electron chi connectivity index (χ0n) is 21.8. The number of carbonyl (C=O) groups is 2. The number of rotatable bonds is 8. The highest BCUT2D eigenvalue weighted by Gasteiger charge is 2.55. The Balaban J connectivity index is 1.38. The summed E-state index contributed by atoms with van der Waals surface area (Å²) in [5.74, 6) is -2.73. The second-order valence-corrected chi connectivity index (χ2v) is 10.5. The molecular weight excluding hydrogens is 494 g/mol. The monoisotopic (exact) mass is 527 g/mol. The van der Waals surface area contributed by atoms with Crippen LogP contribution in [0.1, 0.15) is 31.7 Å². The Bertz CT molecular complexity index is 1460. The number of hydrogen-bond acceptors (Lipinski definition) is 6. The molecular formula is C32H33NO6. The van der Waals surface area contributed by atoms with Gasteiger partial charge in [0.2, 0.25) is 11.8 Å². The van der Waals surface area contributed by atoms with Crippen molar-refractivity contribution in [2.24, 2.45) is 17.8 Å². The Morgan fingerprint density at radius 3 is 2.36 bits per heavy atom. The van der Waals surface area contributed by atoms with E-state index in [1.807, 2.05) is 43.3 Å². The molecule has 7 heteroatoms. The van der Waals surface area contributed by atoms with Gasteiger partial charge in [-0.1, -0.05) is 60.2 Å². The molecule has 39 heavy (non-hydrogen) atoms. The Hall–Kier alpha value is -3.78. The summed E-state index contributed by atoms with van der Waals surface area (Å²) in [7, 11) is 0. The first-order valence-corrected chi connectivity index (χ1v) is 13.3. The van der Waals surface area contributed by atoms with Crippen LogP contribution in [0.2, 0.25) is 0 Å². The van der Waals surface area contributed by atoms with Crippen molar-refractivity contribution >= 4 is 34.4 Å². The van der Waals surface area contributed by atoms with Gasteiger partial charge in [0.15, 0.2) is 0 Å². The molecule has 0 unspecified atom stereocenters. The van der Waals surface area contributed by atoms with Crippen molar-refractivity contribution in [3.8, 4) is 5.75 Å². The van der Waals surface area contributed by atoms with Crippen LogP contribution < -0.4 is 4.90 Å². The first kappa shape index (κ1) is 26.8. The van der Waals surface area contributed by atoms with Gasteiger partial charge >= 0.3 is 0 Å². The van der Waals surface area contributed by atoms with Crippen molar-refractivity contribution in [3.05, 3.63) is 89.0 Å². The van der Waals surface area contributed by atoms with Crippen LogP contribution in [-0.2, 0) is 9.59 Å². The lowest BCUT2D eigenvalue weighted by Gasteiger charge is -2.36. The first-order chi connectivity index (χ1) is 18.8. The van der Waals surface area contributed by atoms with E-state index in [2.05, 4.69) is 0 Å². The molecule has 3 aromatic carbocycles. The van der Waals surface area contributed by atoms with Gasteiger partial charge in [0.05, 0.1) is 36.8 Å². The van der Waals surface area contributed by atoms with Gasteiger partial charge in [-0.15, -0.1) is 0 Å². The number of aliphatic hydroxyl groups is 3. The van der Waals surface area contributed by atoms with Crippen LogP contribution in [-0.4, -0.2) is 51.6 Å². The Labute approximate surface area is 227 Å². The fourth-order valence-corrected chi connectivity index (χ4v) is 6.23. The van der Waals surface area contributed by atoms with Crippen molar-refractivity contribution in [1.29, 1.82) is 0 Å². The molecule has 0 aromatic heterocycles. The third-order valence-corrected chi connectivity index (χ3v) is 8.09. The summed E-state index contributed by atoms with van der Waals surface area (Å²) in [6.45, 7) is 1.20. The molecule has 7 nitrogen and oxygen atoms in total. The molecule has 4 atom stereocenters. The lowest BCUT2D eigenvalue weighted by molar-refractivity contribution is -0.123. The second-order valence-electron chi connectivity index (χ2n) is 10.5.